The van der Waals surface area contributed by atoms with Crippen molar-refractivity contribution in [2.24, 2.45) is 5.92 Å². The Balaban J connectivity index is 0.00000147. The molecule has 1 saturated heterocycles. The molecule has 1 aliphatic heterocycles. The Kier molecular flexibility index (Phi) is 5.50. The van der Waals surface area contributed by atoms with Crippen LogP contribution >= 0.6 is 12.4 Å². The van der Waals surface area contributed by atoms with E-state index in [4.69, 9.17) is 0 Å². The molecule has 1 unspecified atom stereocenters. The van der Waals surface area contributed by atoms with Crippen molar-refractivity contribution >= 4 is 12.4 Å². The smallest absolute Gasteiger partial charge is 0.0708 e. The fourth-order valence-corrected chi connectivity index (χ4v) is 3.00. The van der Waals surface area contributed by atoms with E-state index in [0.29, 0.717) is 11.8 Å². The number of hydrogen-bond donors (Lipinski definition) is 1. The Labute approximate surface area is 126 Å². The molecule has 0 radical (unpaired) electrons. The second kappa shape index (κ2) is 7.36. The highest BCUT2D eigenvalue weighted by Gasteiger charge is 2.27. The fraction of sp³-hybridized carbons (Fsp3) is 0.375. The summed E-state index contributed by atoms with van der Waals surface area (Å²) in [4.78, 5) is 0. The number of aromatic nitrogens is 2. The van der Waals surface area contributed by atoms with Gasteiger partial charge in [0.25, 0.3) is 0 Å². The lowest BCUT2D eigenvalue weighted by molar-refractivity contribution is 0.338. The number of benzene rings is 1. The largest absolute Gasteiger partial charge is 0.317 e. The molecule has 1 aliphatic rings. The van der Waals surface area contributed by atoms with Crippen LogP contribution in [0.3, 0.4) is 0 Å². The van der Waals surface area contributed by atoms with Crippen LogP contribution in [0, 0.1) is 5.92 Å². The third-order valence-electron chi connectivity index (χ3n) is 3.93. The third kappa shape index (κ3) is 3.35. The molecule has 3 nitrogen and oxygen atoms in total. The van der Waals surface area contributed by atoms with Crippen molar-refractivity contribution in [1.29, 1.82) is 0 Å². The number of nitrogens with one attached hydrogen (secondary N) is 1. The Morgan fingerprint density at radius 1 is 1.00 bits per heavy atom. The van der Waals surface area contributed by atoms with E-state index in [2.05, 4.69) is 51.9 Å². The first-order chi connectivity index (χ1) is 9.45. The normalized spacial score (nSPS) is 17.2. The molecule has 3 rings (SSSR count). The zero-order valence-electron chi connectivity index (χ0n) is 11.4. The molecule has 4 heteroatoms. The van der Waals surface area contributed by atoms with Gasteiger partial charge in [-0.2, -0.15) is 10.2 Å². The van der Waals surface area contributed by atoms with E-state index in [1.165, 1.54) is 18.4 Å². The third-order valence-corrected chi connectivity index (χ3v) is 3.93. The predicted octanol–water partition coefficient (Wildman–Crippen LogP) is 3.03. The molecule has 106 valence electrons. The van der Waals surface area contributed by atoms with E-state index in [1.807, 2.05) is 6.07 Å². The van der Waals surface area contributed by atoms with E-state index >= 15 is 0 Å². The maximum atomic E-state index is 4.36. The van der Waals surface area contributed by atoms with Crippen LogP contribution in [0.5, 0.6) is 0 Å². The molecular weight excluding hydrogens is 270 g/mol. The lowest BCUT2D eigenvalue weighted by Crippen LogP contribution is -2.31. The minimum absolute atomic E-state index is 0. The monoisotopic (exact) mass is 289 g/mol. The Bertz CT molecular complexity index is 458. The van der Waals surface area contributed by atoms with E-state index in [-0.39, 0.29) is 12.4 Å². The highest BCUT2D eigenvalue weighted by atomic mass is 35.5. The van der Waals surface area contributed by atoms with E-state index < -0.39 is 0 Å². The summed E-state index contributed by atoms with van der Waals surface area (Å²) in [5.41, 5.74) is 2.45. The highest BCUT2D eigenvalue weighted by molar-refractivity contribution is 5.85. The molecule has 20 heavy (non-hydrogen) atoms. The van der Waals surface area contributed by atoms with Gasteiger partial charge in [-0.3, -0.25) is 0 Å². The van der Waals surface area contributed by atoms with Crippen LogP contribution in [-0.4, -0.2) is 23.3 Å². The minimum atomic E-state index is 0. The summed E-state index contributed by atoms with van der Waals surface area (Å²) < 4.78 is 0. The maximum absolute atomic E-state index is 4.36. The van der Waals surface area contributed by atoms with Gasteiger partial charge in [0, 0.05) is 12.1 Å². The van der Waals surface area contributed by atoms with Crippen LogP contribution in [0.4, 0.5) is 0 Å². The van der Waals surface area contributed by atoms with E-state index in [1.54, 1.807) is 6.20 Å². The Morgan fingerprint density at radius 3 is 2.40 bits per heavy atom. The SMILES string of the molecule is Cl.c1ccc(C(c2cccnn2)C2CCNCC2)cc1. The van der Waals surface area contributed by atoms with Crippen molar-refractivity contribution in [3.63, 3.8) is 0 Å². The molecule has 1 N–H and O–H groups in total. The van der Waals surface area contributed by atoms with E-state index in [9.17, 15) is 0 Å². The lowest BCUT2D eigenvalue weighted by atomic mass is 9.78. The molecule has 2 heterocycles. The summed E-state index contributed by atoms with van der Waals surface area (Å²) in [6.07, 6.45) is 4.15. The van der Waals surface area contributed by atoms with Crippen molar-refractivity contribution in [1.82, 2.24) is 15.5 Å². The molecule has 1 aromatic carbocycles. The zero-order chi connectivity index (χ0) is 12.9. The van der Waals surface area contributed by atoms with Crippen LogP contribution in [0.1, 0.15) is 30.0 Å². The molecule has 0 spiro atoms. The van der Waals surface area contributed by atoms with E-state index in [0.717, 1.165) is 18.8 Å². The van der Waals surface area contributed by atoms with Crippen LogP contribution in [-0.2, 0) is 0 Å². The van der Waals surface area contributed by atoms with Crippen LogP contribution in [0.2, 0.25) is 0 Å². The topological polar surface area (TPSA) is 37.8 Å². The average Bonchev–Trinajstić information content (AvgIpc) is 2.51. The van der Waals surface area contributed by atoms with Crippen LogP contribution in [0.25, 0.3) is 0 Å². The molecule has 0 bridgehead atoms. The van der Waals surface area contributed by atoms with Gasteiger partial charge >= 0.3 is 0 Å². The van der Waals surface area contributed by atoms with Gasteiger partial charge in [0.2, 0.25) is 0 Å². The number of hydrogen-bond acceptors (Lipinski definition) is 3. The summed E-state index contributed by atoms with van der Waals surface area (Å²) in [7, 11) is 0. The first-order valence-corrected chi connectivity index (χ1v) is 6.98. The van der Waals surface area contributed by atoms with Crippen molar-refractivity contribution in [2.75, 3.05) is 13.1 Å². The molecule has 1 fully saturated rings. The molecule has 1 aromatic heterocycles. The molecule has 0 aliphatic carbocycles. The second-order valence-corrected chi connectivity index (χ2v) is 5.12. The molecule has 2 aromatic rings. The average molecular weight is 290 g/mol. The van der Waals surface area contributed by atoms with Gasteiger partial charge in [-0.25, -0.2) is 0 Å². The summed E-state index contributed by atoms with van der Waals surface area (Å²) in [6.45, 7) is 2.21. The van der Waals surface area contributed by atoms with Gasteiger partial charge in [-0.1, -0.05) is 30.3 Å². The van der Waals surface area contributed by atoms with Crippen molar-refractivity contribution in [3.8, 4) is 0 Å². The number of rotatable bonds is 3. The Morgan fingerprint density at radius 2 is 1.75 bits per heavy atom. The number of halogens is 1. The first kappa shape index (κ1) is 14.9. The Hall–Kier alpha value is -1.45. The quantitative estimate of drug-likeness (QED) is 0.944. The predicted molar refractivity (Wildman–Crippen MR) is 83.2 cm³/mol. The molecule has 0 saturated carbocycles. The highest BCUT2D eigenvalue weighted by Crippen LogP contribution is 2.35. The van der Waals surface area contributed by atoms with Crippen molar-refractivity contribution in [2.45, 2.75) is 18.8 Å². The summed E-state index contributed by atoms with van der Waals surface area (Å²) >= 11 is 0. The van der Waals surface area contributed by atoms with Crippen LogP contribution < -0.4 is 5.32 Å². The molecule has 1 atom stereocenters. The zero-order valence-corrected chi connectivity index (χ0v) is 12.2. The second-order valence-electron chi connectivity index (χ2n) is 5.12. The number of nitrogens with zero attached hydrogens (tertiary/aromatic N) is 2. The van der Waals surface area contributed by atoms with Gasteiger partial charge < -0.3 is 5.32 Å². The first-order valence-electron chi connectivity index (χ1n) is 6.98. The van der Waals surface area contributed by atoms with Crippen LogP contribution in [0.15, 0.2) is 48.7 Å². The summed E-state index contributed by atoms with van der Waals surface area (Å²) in [5, 5.41) is 11.9. The molecule has 0 amide bonds. The van der Waals surface area contributed by atoms with Gasteiger partial charge in [0.15, 0.2) is 0 Å². The van der Waals surface area contributed by atoms with Gasteiger partial charge in [0.05, 0.1) is 5.69 Å². The standard InChI is InChI=1S/C16H19N3.ClH/c1-2-5-13(6-3-1)16(14-8-11-17-12-9-14)15-7-4-10-18-19-15;/h1-7,10,14,16-17H,8-9,11-12H2;1H. The van der Waals surface area contributed by atoms with Gasteiger partial charge in [-0.05, 0) is 49.5 Å². The molecular formula is C16H20ClN3. The fourth-order valence-electron chi connectivity index (χ4n) is 3.00. The maximum Gasteiger partial charge on any atom is 0.0708 e. The number of piperidine rings is 1. The van der Waals surface area contributed by atoms with Gasteiger partial charge in [-0.15, -0.1) is 12.4 Å². The van der Waals surface area contributed by atoms with Gasteiger partial charge in [0.1, 0.15) is 0 Å². The van der Waals surface area contributed by atoms with Crippen molar-refractivity contribution < 1.29 is 0 Å². The minimum Gasteiger partial charge on any atom is -0.317 e. The van der Waals surface area contributed by atoms with Crippen molar-refractivity contribution in [3.05, 3.63) is 59.9 Å². The summed E-state index contributed by atoms with van der Waals surface area (Å²) in [6, 6.07) is 14.8. The summed E-state index contributed by atoms with van der Waals surface area (Å²) in [5.74, 6) is 1.03. The lowest BCUT2D eigenvalue weighted by Gasteiger charge is -2.30.